The minimum atomic E-state index is -0.0784. The Hall–Kier alpha value is -1.36. The van der Waals surface area contributed by atoms with Gasteiger partial charge >= 0.3 is 0 Å². The molecule has 1 aromatic rings. The van der Waals surface area contributed by atoms with Crippen LogP contribution < -0.4 is 5.32 Å². The lowest BCUT2D eigenvalue weighted by Gasteiger charge is -2.30. The van der Waals surface area contributed by atoms with Gasteiger partial charge in [0.1, 0.15) is 5.69 Å². The van der Waals surface area contributed by atoms with E-state index in [1.165, 1.54) is 12.8 Å². The molecule has 19 heavy (non-hydrogen) atoms. The number of nitrogens with zero attached hydrogens (tertiary/aromatic N) is 2. The molecule has 2 rings (SSSR count). The van der Waals surface area contributed by atoms with Gasteiger partial charge in [0.2, 0.25) is 0 Å². The number of rotatable bonds is 4. The molecule has 1 aromatic heterocycles. The molecule has 5 heteroatoms. The lowest BCUT2D eigenvalue weighted by atomic mass is 9.79. The molecule has 1 aliphatic carbocycles. The number of amides is 1. The van der Waals surface area contributed by atoms with Crippen LogP contribution in [0.15, 0.2) is 6.07 Å². The van der Waals surface area contributed by atoms with E-state index in [0.717, 1.165) is 18.5 Å². The standard InChI is InChI=1S/C14H23N3O2/c1-10-7-13(17(2)16-10)14(19)15-8-11-5-3-4-6-12(11)9-18/h7,11-12,18H,3-6,8-9H2,1-2H3,(H,15,19). The largest absolute Gasteiger partial charge is 0.396 e. The van der Waals surface area contributed by atoms with Gasteiger partial charge in [0.05, 0.1) is 5.69 Å². The van der Waals surface area contributed by atoms with Crippen molar-refractivity contribution < 1.29 is 9.90 Å². The van der Waals surface area contributed by atoms with Crippen molar-refractivity contribution in [1.29, 1.82) is 0 Å². The van der Waals surface area contributed by atoms with Crippen LogP contribution in [0.5, 0.6) is 0 Å². The van der Waals surface area contributed by atoms with Crippen molar-refractivity contribution in [3.8, 4) is 0 Å². The summed E-state index contributed by atoms with van der Waals surface area (Å²) in [5.41, 5.74) is 1.44. The summed E-state index contributed by atoms with van der Waals surface area (Å²) >= 11 is 0. The van der Waals surface area contributed by atoms with Gasteiger partial charge in [-0.1, -0.05) is 12.8 Å². The summed E-state index contributed by atoms with van der Waals surface area (Å²) in [7, 11) is 1.78. The Labute approximate surface area is 114 Å². The Kier molecular flexibility index (Phi) is 4.58. The number of aliphatic hydroxyl groups excluding tert-OH is 1. The average Bonchev–Trinajstić information content (AvgIpc) is 2.75. The molecule has 0 radical (unpaired) electrons. The van der Waals surface area contributed by atoms with E-state index in [9.17, 15) is 9.90 Å². The van der Waals surface area contributed by atoms with E-state index in [0.29, 0.717) is 24.1 Å². The van der Waals surface area contributed by atoms with Crippen LogP contribution in [0.4, 0.5) is 0 Å². The second-order valence-corrected chi connectivity index (χ2v) is 5.49. The Bertz CT molecular complexity index is 442. The molecule has 0 spiro atoms. The fourth-order valence-corrected chi connectivity index (χ4v) is 2.93. The van der Waals surface area contributed by atoms with E-state index < -0.39 is 0 Å². The predicted octanol–water partition coefficient (Wildman–Crippen LogP) is 1.26. The molecule has 0 bridgehead atoms. The average molecular weight is 265 g/mol. The maximum absolute atomic E-state index is 12.1. The van der Waals surface area contributed by atoms with Gasteiger partial charge < -0.3 is 10.4 Å². The van der Waals surface area contributed by atoms with Crippen molar-refractivity contribution in [2.75, 3.05) is 13.2 Å². The number of nitrogens with one attached hydrogen (secondary N) is 1. The van der Waals surface area contributed by atoms with Gasteiger partial charge in [-0.3, -0.25) is 9.48 Å². The van der Waals surface area contributed by atoms with Gasteiger partial charge in [0, 0.05) is 20.2 Å². The van der Waals surface area contributed by atoms with Crippen LogP contribution in [0.1, 0.15) is 41.9 Å². The molecule has 1 amide bonds. The normalized spacial score (nSPS) is 23.3. The number of carbonyl (C=O) groups excluding carboxylic acids is 1. The lowest BCUT2D eigenvalue weighted by molar-refractivity contribution is 0.0900. The Balaban J connectivity index is 1.91. The van der Waals surface area contributed by atoms with Crippen LogP contribution in [0.2, 0.25) is 0 Å². The van der Waals surface area contributed by atoms with E-state index in [4.69, 9.17) is 0 Å². The van der Waals surface area contributed by atoms with E-state index in [1.54, 1.807) is 17.8 Å². The summed E-state index contributed by atoms with van der Waals surface area (Å²) < 4.78 is 1.61. The first-order chi connectivity index (χ1) is 9.11. The van der Waals surface area contributed by atoms with Crippen LogP contribution in [0, 0.1) is 18.8 Å². The molecule has 0 saturated heterocycles. The van der Waals surface area contributed by atoms with Crippen molar-refractivity contribution in [3.63, 3.8) is 0 Å². The number of hydrogen-bond acceptors (Lipinski definition) is 3. The van der Waals surface area contributed by atoms with Crippen molar-refractivity contribution in [2.24, 2.45) is 18.9 Å². The highest BCUT2D eigenvalue weighted by molar-refractivity contribution is 5.92. The topological polar surface area (TPSA) is 67.2 Å². The summed E-state index contributed by atoms with van der Waals surface area (Å²) in [6.07, 6.45) is 4.55. The quantitative estimate of drug-likeness (QED) is 0.861. The van der Waals surface area contributed by atoms with Crippen LogP contribution in [-0.4, -0.2) is 33.9 Å². The Morgan fingerprint density at radius 2 is 2.16 bits per heavy atom. The molecule has 2 atom stereocenters. The van der Waals surface area contributed by atoms with Crippen LogP contribution >= 0.6 is 0 Å². The number of carbonyl (C=O) groups is 1. The second kappa shape index (κ2) is 6.19. The molecular weight excluding hydrogens is 242 g/mol. The maximum atomic E-state index is 12.1. The van der Waals surface area contributed by atoms with Crippen LogP contribution in [0.25, 0.3) is 0 Å². The first kappa shape index (κ1) is 14.1. The predicted molar refractivity (Wildman–Crippen MR) is 72.8 cm³/mol. The van der Waals surface area contributed by atoms with E-state index in [1.807, 2.05) is 6.92 Å². The number of aryl methyl sites for hydroxylation is 2. The molecular formula is C14H23N3O2. The number of aliphatic hydroxyl groups is 1. The molecule has 1 fully saturated rings. The van der Waals surface area contributed by atoms with E-state index in [2.05, 4.69) is 10.4 Å². The molecule has 0 aliphatic heterocycles. The highest BCUT2D eigenvalue weighted by Gasteiger charge is 2.25. The van der Waals surface area contributed by atoms with Crippen molar-refractivity contribution in [3.05, 3.63) is 17.5 Å². The summed E-state index contributed by atoms with van der Waals surface area (Å²) in [5, 5.41) is 16.5. The minimum Gasteiger partial charge on any atom is -0.396 e. The smallest absolute Gasteiger partial charge is 0.269 e. The molecule has 0 aromatic carbocycles. The molecule has 5 nitrogen and oxygen atoms in total. The van der Waals surface area contributed by atoms with Crippen molar-refractivity contribution in [1.82, 2.24) is 15.1 Å². The van der Waals surface area contributed by atoms with Crippen LogP contribution in [0.3, 0.4) is 0 Å². The summed E-state index contributed by atoms with van der Waals surface area (Å²) in [5.74, 6) is 0.657. The zero-order chi connectivity index (χ0) is 13.8. The summed E-state index contributed by atoms with van der Waals surface area (Å²) in [4.78, 5) is 12.1. The first-order valence-electron chi connectivity index (χ1n) is 7.01. The third-order valence-electron chi connectivity index (χ3n) is 4.06. The maximum Gasteiger partial charge on any atom is 0.269 e. The van der Waals surface area contributed by atoms with Crippen LogP contribution in [-0.2, 0) is 7.05 Å². The van der Waals surface area contributed by atoms with Gasteiger partial charge in [-0.25, -0.2) is 0 Å². The zero-order valence-corrected chi connectivity index (χ0v) is 11.7. The van der Waals surface area contributed by atoms with Gasteiger partial charge in [-0.2, -0.15) is 5.10 Å². The molecule has 2 N–H and O–H groups in total. The lowest BCUT2D eigenvalue weighted by Crippen LogP contribution is -2.36. The fourth-order valence-electron chi connectivity index (χ4n) is 2.93. The first-order valence-corrected chi connectivity index (χ1v) is 7.01. The van der Waals surface area contributed by atoms with Crippen molar-refractivity contribution >= 4 is 5.91 Å². The van der Waals surface area contributed by atoms with Gasteiger partial charge in [-0.05, 0) is 37.7 Å². The monoisotopic (exact) mass is 265 g/mol. The molecule has 2 unspecified atom stereocenters. The van der Waals surface area contributed by atoms with Gasteiger partial charge in [0.25, 0.3) is 5.91 Å². The second-order valence-electron chi connectivity index (χ2n) is 5.49. The third-order valence-corrected chi connectivity index (χ3v) is 4.06. The van der Waals surface area contributed by atoms with E-state index in [-0.39, 0.29) is 12.5 Å². The molecule has 1 saturated carbocycles. The number of hydrogen-bond donors (Lipinski definition) is 2. The summed E-state index contributed by atoms with van der Waals surface area (Å²) in [6.45, 7) is 2.75. The summed E-state index contributed by atoms with van der Waals surface area (Å²) in [6, 6.07) is 1.79. The number of aromatic nitrogens is 2. The minimum absolute atomic E-state index is 0.0784. The SMILES string of the molecule is Cc1cc(C(=O)NCC2CCCCC2CO)n(C)n1. The molecule has 1 aliphatic rings. The third kappa shape index (κ3) is 3.35. The Morgan fingerprint density at radius 3 is 2.74 bits per heavy atom. The fraction of sp³-hybridized carbons (Fsp3) is 0.714. The highest BCUT2D eigenvalue weighted by Crippen LogP contribution is 2.29. The Morgan fingerprint density at radius 1 is 1.47 bits per heavy atom. The van der Waals surface area contributed by atoms with Crippen molar-refractivity contribution in [2.45, 2.75) is 32.6 Å². The zero-order valence-electron chi connectivity index (χ0n) is 11.7. The van der Waals surface area contributed by atoms with E-state index >= 15 is 0 Å². The van der Waals surface area contributed by atoms with Gasteiger partial charge in [0.15, 0.2) is 0 Å². The molecule has 106 valence electrons. The van der Waals surface area contributed by atoms with Gasteiger partial charge in [-0.15, -0.1) is 0 Å². The highest BCUT2D eigenvalue weighted by atomic mass is 16.3. The molecule has 1 heterocycles.